The number of aromatic amines is 1. The number of carbonyl (C=O) groups excluding carboxylic acids is 1. The van der Waals surface area contributed by atoms with Crippen molar-refractivity contribution in [3.05, 3.63) is 76.8 Å². The van der Waals surface area contributed by atoms with Gasteiger partial charge in [-0.3, -0.25) is 9.36 Å². The lowest BCUT2D eigenvalue weighted by Gasteiger charge is -2.18. The number of rotatable bonds is 2. The van der Waals surface area contributed by atoms with E-state index >= 15 is 0 Å². The van der Waals surface area contributed by atoms with E-state index in [1.165, 1.54) is 5.56 Å². The molecule has 0 aliphatic carbocycles. The molecule has 1 atom stereocenters. The Hall–Kier alpha value is -2.66. The van der Waals surface area contributed by atoms with Crippen LogP contribution in [0.1, 0.15) is 28.9 Å². The van der Waals surface area contributed by atoms with E-state index in [2.05, 4.69) is 18.0 Å². The number of amides is 1. The Morgan fingerprint density at radius 1 is 1.12 bits per heavy atom. The Morgan fingerprint density at radius 3 is 2.62 bits per heavy atom. The van der Waals surface area contributed by atoms with Crippen LogP contribution in [0.4, 0.5) is 5.69 Å². The van der Waals surface area contributed by atoms with Gasteiger partial charge in [-0.1, -0.05) is 43.3 Å². The Morgan fingerprint density at radius 2 is 1.83 bits per heavy atom. The molecule has 4 rings (SSSR count). The maximum Gasteiger partial charge on any atom is 0.276 e. The second-order valence-corrected chi connectivity index (χ2v) is 6.41. The van der Waals surface area contributed by atoms with Crippen molar-refractivity contribution < 1.29 is 4.79 Å². The highest BCUT2D eigenvalue weighted by atomic mass is 32.1. The SMILES string of the molecule is C[C@H]1CN(C(=O)c2c[nH]c(=S)n2-c2ccccc2)c2ccccc21. The van der Waals surface area contributed by atoms with E-state index < -0.39 is 0 Å². The van der Waals surface area contributed by atoms with Crippen molar-refractivity contribution in [2.75, 3.05) is 11.4 Å². The maximum absolute atomic E-state index is 13.2. The molecule has 0 bridgehead atoms. The average Bonchev–Trinajstić information content (AvgIpc) is 3.16. The highest BCUT2D eigenvalue weighted by Gasteiger charge is 2.31. The number of fused-ring (bicyclic) bond motifs is 1. The molecule has 120 valence electrons. The number of hydrogen-bond donors (Lipinski definition) is 1. The molecule has 1 aliphatic rings. The first-order valence-corrected chi connectivity index (χ1v) is 8.34. The number of nitrogens with zero attached hydrogens (tertiary/aromatic N) is 2. The lowest BCUT2D eigenvalue weighted by atomic mass is 10.0. The highest BCUT2D eigenvalue weighted by molar-refractivity contribution is 7.71. The van der Waals surface area contributed by atoms with Gasteiger partial charge in [-0.05, 0) is 36.0 Å². The van der Waals surface area contributed by atoms with Gasteiger partial charge in [0.05, 0.1) is 0 Å². The zero-order chi connectivity index (χ0) is 16.7. The summed E-state index contributed by atoms with van der Waals surface area (Å²) in [6, 6.07) is 17.8. The van der Waals surface area contributed by atoms with Gasteiger partial charge in [0.25, 0.3) is 5.91 Å². The molecule has 1 amide bonds. The number of nitrogens with one attached hydrogen (secondary N) is 1. The Bertz CT molecular complexity index is 958. The standard InChI is InChI=1S/C19H17N3OS/c1-13-12-21(16-10-6-5-9-15(13)16)18(23)17-11-20-19(24)22(17)14-7-3-2-4-8-14/h2-11,13H,12H2,1H3,(H,20,24)/t13-/m0/s1. The van der Waals surface area contributed by atoms with E-state index in [-0.39, 0.29) is 5.91 Å². The van der Waals surface area contributed by atoms with Gasteiger partial charge in [-0.25, -0.2) is 0 Å². The molecule has 1 aliphatic heterocycles. The summed E-state index contributed by atoms with van der Waals surface area (Å²) in [6.07, 6.45) is 1.70. The van der Waals surface area contributed by atoms with Crippen LogP contribution in [0.25, 0.3) is 5.69 Å². The van der Waals surface area contributed by atoms with Crippen molar-refractivity contribution in [3.8, 4) is 5.69 Å². The molecule has 0 spiro atoms. The average molecular weight is 335 g/mol. The fourth-order valence-electron chi connectivity index (χ4n) is 3.31. The lowest BCUT2D eigenvalue weighted by molar-refractivity contribution is 0.0981. The predicted octanol–water partition coefficient (Wildman–Crippen LogP) is 4.30. The number of carbonyl (C=O) groups is 1. The third kappa shape index (κ3) is 2.29. The topological polar surface area (TPSA) is 41.0 Å². The van der Waals surface area contributed by atoms with Crippen molar-refractivity contribution in [3.63, 3.8) is 0 Å². The van der Waals surface area contributed by atoms with E-state index in [4.69, 9.17) is 12.2 Å². The summed E-state index contributed by atoms with van der Waals surface area (Å²) in [6.45, 7) is 2.83. The number of hydrogen-bond acceptors (Lipinski definition) is 2. The molecule has 1 N–H and O–H groups in total. The van der Waals surface area contributed by atoms with Gasteiger partial charge in [-0.2, -0.15) is 0 Å². The largest absolute Gasteiger partial charge is 0.336 e. The zero-order valence-corrected chi connectivity index (χ0v) is 14.1. The highest BCUT2D eigenvalue weighted by Crippen LogP contribution is 2.36. The summed E-state index contributed by atoms with van der Waals surface area (Å²) in [5, 5.41) is 0. The van der Waals surface area contributed by atoms with Gasteiger partial charge in [-0.15, -0.1) is 0 Å². The molecule has 0 saturated heterocycles. The molecule has 0 unspecified atom stereocenters. The van der Waals surface area contributed by atoms with Crippen molar-refractivity contribution in [1.82, 2.24) is 9.55 Å². The van der Waals surface area contributed by atoms with Crippen LogP contribution in [0.15, 0.2) is 60.8 Å². The third-order valence-corrected chi connectivity index (χ3v) is 4.77. The smallest absolute Gasteiger partial charge is 0.276 e. The van der Waals surface area contributed by atoms with Crippen LogP contribution in [-0.2, 0) is 0 Å². The maximum atomic E-state index is 13.2. The second kappa shape index (κ2) is 5.76. The first-order valence-electron chi connectivity index (χ1n) is 7.93. The van der Waals surface area contributed by atoms with E-state index in [1.54, 1.807) is 10.8 Å². The Labute approximate surface area is 145 Å². The molecule has 24 heavy (non-hydrogen) atoms. The molecule has 0 saturated carbocycles. The number of aromatic nitrogens is 2. The fraction of sp³-hybridized carbons (Fsp3) is 0.158. The first kappa shape index (κ1) is 14.9. The van der Waals surface area contributed by atoms with E-state index in [9.17, 15) is 4.79 Å². The summed E-state index contributed by atoms with van der Waals surface area (Å²) in [5.74, 6) is 0.292. The normalized spacial score (nSPS) is 16.2. The first-order chi connectivity index (χ1) is 11.7. The molecule has 5 heteroatoms. The molecule has 3 aromatic rings. The molecule has 4 nitrogen and oxygen atoms in total. The van der Waals surface area contributed by atoms with Gasteiger partial charge >= 0.3 is 0 Å². The van der Waals surface area contributed by atoms with Crippen molar-refractivity contribution >= 4 is 23.8 Å². The van der Waals surface area contributed by atoms with Gasteiger partial charge in [0.15, 0.2) is 4.77 Å². The molecule has 2 aromatic carbocycles. The Balaban J connectivity index is 1.79. The van der Waals surface area contributed by atoms with Crippen LogP contribution < -0.4 is 4.90 Å². The minimum atomic E-state index is -0.0389. The molecular formula is C19H17N3OS. The minimum Gasteiger partial charge on any atom is -0.336 e. The van der Waals surface area contributed by atoms with E-state index in [0.29, 0.717) is 22.9 Å². The minimum absolute atomic E-state index is 0.0389. The molecular weight excluding hydrogens is 318 g/mol. The van der Waals surface area contributed by atoms with Crippen molar-refractivity contribution in [2.24, 2.45) is 0 Å². The summed E-state index contributed by atoms with van der Waals surface area (Å²) in [7, 11) is 0. The zero-order valence-electron chi connectivity index (χ0n) is 13.3. The van der Waals surface area contributed by atoms with Crippen LogP contribution in [0, 0.1) is 4.77 Å². The van der Waals surface area contributed by atoms with E-state index in [1.807, 2.05) is 53.4 Å². The number of benzene rings is 2. The quantitative estimate of drug-likeness (QED) is 0.710. The summed E-state index contributed by atoms with van der Waals surface area (Å²) >= 11 is 5.39. The van der Waals surface area contributed by atoms with Crippen molar-refractivity contribution in [1.29, 1.82) is 0 Å². The fourth-order valence-corrected chi connectivity index (χ4v) is 3.57. The van der Waals surface area contributed by atoms with Crippen LogP contribution >= 0.6 is 12.2 Å². The van der Waals surface area contributed by atoms with Crippen molar-refractivity contribution in [2.45, 2.75) is 12.8 Å². The summed E-state index contributed by atoms with van der Waals surface area (Å²) < 4.78 is 2.31. The van der Waals surface area contributed by atoms with Crippen LogP contribution in [0.2, 0.25) is 0 Å². The number of H-pyrrole nitrogens is 1. The number of anilines is 1. The van der Waals surface area contributed by atoms with E-state index in [0.717, 1.165) is 11.4 Å². The molecule has 2 heterocycles. The van der Waals surface area contributed by atoms with Crippen LogP contribution in [0.3, 0.4) is 0 Å². The lowest BCUT2D eigenvalue weighted by Crippen LogP contribution is -2.31. The number of para-hydroxylation sites is 2. The van der Waals surface area contributed by atoms with Gasteiger partial charge in [0, 0.05) is 30.0 Å². The third-order valence-electron chi connectivity index (χ3n) is 4.47. The second-order valence-electron chi connectivity index (χ2n) is 6.03. The molecule has 0 radical (unpaired) electrons. The predicted molar refractivity (Wildman–Crippen MR) is 97.5 cm³/mol. The number of imidazole rings is 1. The molecule has 1 aromatic heterocycles. The summed E-state index contributed by atoms with van der Waals surface area (Å²) in [4.78, 5) is 18.1. The van der Waals surface area contributed by atoms with Gasteiger partial charge in [0.2, 0.25) is 0 Å². The van der Waals surface area contributed by atoms with Crippen LogP contribution in [-0.4, -0.2) is 22.0 Å². The van der Waals surface area contributed by atoms with Crippen LogP contribution in [0.5, 0.6) is 0 Å². The molecule has 0 fully saturated rings. The summed E-state index contributed by atoms with van der Waals surface area (Å²) in [5.41, 5.74) is 3.63. The van der Waals surface area contributed by atoms with Gasteiger partial charge < -0.3 is 9.88 Å². The van der Waals surface area contributed by atoms with Gasteiger partial charge in [0.1, 0.15) is 5.69 Å². The Kier molecular flexibility index (Phi) is 3.58. The monoisotopic (exact) mass is 335 g/mol.